The Hall–Kier alpha value is -0.650. The number of unbranched alkanes of at least 4 members (excludes halogenated alkanes) is 26. The van der Waals surface area contributed by atoms with E-state index in [0.717, 1.165) is 38.5 Å². The predicted molar refractivity (Wildman–Crippen MR) is 191 cm³/mol. The van der Waals surface area contributed by atoms with Gasteiger partial charge in [0.2, 0.25) is 0 Å². The minimum Gasteiger partial charge on any atom is -0.481 e. The Morgan fingerprint density at radius 2 is 0.705 bits per heavy atom. The lowest BCUT2D eigenvalue weighted by atomic mass is 10.0. The molecule has 3 N–H and O–H groups in total. The number of carboxylic acid groups (broad SMARTS) is 1. The smallest absolute Gasteiger partial charge is 0.304 e. The molecule has 44 heavy (non-hydrogen) atoms. The van der Waals surface area contributed by atoms with E-state index < -0.39 is 18.2 Å². The van der Waals surface area contributed by atoms with E-state index in [1.165, 1.54) is 154 Å². The van der Waals surface area contributed by atoms with Crippen molar-refractivity contribution in [2.24, 2.45) is 0 Å². The SMILES string of the molecule is CCCCCCCCCCCCCCCCC(O)CN(CCC(=O)O)CC(O)CCCCCCCCCCCCCCCC. The fourth-order valence-corrected chi connectivity index (χ4v) is 6.44. The number of aliphatic carboxylic acids is 1. The van der Waals surface area contributed by atoms with Crippen molar-refractivity contribution in [1.82, 2.24) is 4.90 Å². The van der Waals surface area contributed by atoms with Crippen molar-refractivity contribution in [3.05, 3.63) is 0 Å². The van der Waals surface area contributed by atoms with Crippen molar-refractivity contribution < 1.29 is 20.1 Å². The minimum absolute atomic E-state index is 0.0527. The van der Waals surface area contributed by atoms with E-state index in [1.54, 1.807) is 0 Å². The van der Waals surface area contributed by atoms with Gasteiger partial charge in [-0.3, -0.25) is 9.69 Å². The predicted octanol–water partition coefficient (Wildman–Crippen LogP) is 11.2. The lowest BCUT2D eigenvalue weighted by Crippen LogP contribution is -2.39. The number of nitrogens with zero attached hydrogens (tertiary/aromatic N) is 1. The summed E-state index contributed by atoms with van der Waals surface area (Å²) in [6.45, 7) is 5.86. The summed E-state index contributed by atoms with van der Waals surface area (Å²) in [5.74, 6) is -0.821. The van der Waals surface area contributed by atoms with Crippen LogP contribution in [0.4, 0.5) is 0 Å². The zero-order valence-corrected chi connectivity index (χ0v) is 29.9. The van der Waals surface area contributed by atoms with Crippen LogP contribution in [-0.4, -0.2) is 58.0 Å². The second kappa shape index (κ2) is 35.2. The summed E-state index contributed by atoms with van der Waals surface area (Å²) in [5, 5.41) is 30.4. The topological polar surface area (TPSA) is 81.0 Å². The number of carbonyl (C=O) groups is 1. The average Bonchev–Trinajstić information content (AvgIpc) is 3.00. The lowest BCUT2D eigenvalue weighted by molar-refractivity contribution is -0.137. The molecule has 0 aromatic carbocycles. The minimum atomic E-state index is -0.821. The van der Waals surface area contributed by atoms with Crippen LogP contribution in [0.25, 0.3) is 0 Å². The third-order valence-corrected chi connectivity index (χ3v) is 9.36. The Morgan fingerprint density at radius 3 is 0.955 bits per heavy atom. The van der Waals surface area contributed by atoms with Crippen molar-refractivity contribution in [2.75, 3.05) is 19.6 Å². The second-order valence-corrected chi connectivity index (χ2v) is 14.0. The highest BCUT2D eigenvalue weighted by atomic mass is 16.4. The number of rotatable bonds is 37. The molecule has 0 saturated carbocycles. The maximum atomic E-state index is 11.2. The summed E-state index contributed by atoms with van der Waals surface area (Å²) in [5.41, 5.74) is 0. The van der Waals surface area contributed by atoms with Crippen LogP contribution in [0, 0.1) is 0 Å². The van der Waals surface area contributed by atoms with Gasteiger partial charge in [0.05, 0.1) is 18.6 Å². The van der Waals surface area contributed by atoms with E-state index in [9.17, 15) is 15.0 Å². The Labute approximate surface area is 275 Å². The van der Waals surface area contributed by atoms with Gasteiger partial charge in [-0.1, -0.05) is 194 Å². The summed E-state index contributed by atoms with van der Waals surface area (Å²) >= 11 is 0. The van der Waals surface area contributed by atoms with Gasteiger partial charge in [-0.15, -0.1) is 0 Å². The monoisotopic (exact) mass is 626 g/mol. The molecule has 0 bridgehead atoms. The van der Waals surface area contributed by atoms with Crippen molar-refractivity contribution in [3.8, 4) is 0 Å². The molecular weight excluding hydrogens is 546 g/mol. The van der Waals surface area contributed by atoms with Crippen molar-refractivity contribution >= 4 is 5.97 Å². The Kier molecular flexibility index (Phi) is 34.7. The molecule has 0 aromatic heterocycles. The van der Waals surface area contributed by atoms with Gasteiger partial charge in [-0.2, -0.15) is 0 Å². The van der Waals surface area contributed by atoms with Crippen LogP contribution in [-0.2, 0) is 4.79 Å². The molecule has 0 spiro atoms. The Morgan fingerprint density at radius 1 is 0.455 bits per heavy atom. The van der Waals surface area contributed by atoms with Crippen molar-refractivity contribution in [2.45, 2.75) is 225 Å². The number of hydrogen-bond acceptors (Lipinski definition) is 4. The maximum Gasteiger partial charge on any atom is 0.304 e. The summed E-state index contributed by atoms with van der Waals surface area (Å²) in [6.07, 6.45) is 37.7. The molecule has 2 unspecified atom stereocenters. The summed E-state index contributed by atoms with van der Waals surface area (Å²) in [6, 6.07) is 0. The maximum absolute atomic E-state index is 11.2. The van der Waals surface area contributed by atoms with Crippen LogP contribution in [0.1, 0.15) is 213 Å². The normalized spacial score (nSPS) is 13.1. The molecule has 0 heterocycles. The van der Waals surface area contributed by atoms with Crippen LogP contribution < -0.4 is 0 Å². The third kappa shape index (κ3) is 34.2. The van der Waals surface area contributed by atoms with E-state index in [4.69, 9.17) is 5.11 Å². The van der Waals surface area contributed by atoms with Crippen LogP contribution >= 0.6 is 0 Å². The van der Waals surface area contributed by atoms with E-state index in [0.29, 0.717) is 19.6 Å². The molecule has 0 aliphatic heterocycles. The quantitative estimate of drug-likeness (QED) is 0.0598. The van der Waals surface area contributed by atoms with E-state index in [-0.39, 0.29) is 6.42 Å². The Bertz CT molecular complexity index is 532. The number of hydrogen-bond donors (Lipinski definition) is 3. The molecule has 0 rings (SSSR count). The molecule has 0 aliphatic carbocycles. The van der Waals surface area contributed by atoms with Crippen LogP contribution in [0.2, 0.25) is 0 Å². The molecule has 264 valence electrons. The second-order valence-electron chi connectivity index (χ2n) is 14.0. The van der Waals surface area contributed by atoms with Crippen LogP contribution in [0.3, 0.4) is 0 Å². The van der Waals surface area contributed by atoms with Gasteiger partial charge >= 0.3 is 5.97 Å². The fraction of sp³-hybridized carbons (Fsp3) is 0.974. The molecule has 0 aliphatic rings. The zero-order valence-electron chi connectivity index (χ0n) is 29.9. The first-order valence-electron chi connectivity index (χ1n) is 19.8. The number of aliphatic hydroxyl groups is 2. The zero-order chi connectivity index (χ0) is 32.4. The number of aliphatic hydroxyl groups excluding tert-OH is 2. The highest BCUT2D eigenvalue weighted by Crippen LogP contribution is 2.16. The first-order chi connectivity index (χ1) is 21.5. The first kappa shape index (κ1) is 43.4. The van der Waals surface area contributed by atoms with Crippen molar-refractivity contribution in [3.63, 3.8) is 0 Å². The molecular formula is C39H79NO4. The Balaban J connectivity index is 3.81. The average molecular weight is 626 g/mol. The standard InChI is InChI=1S/C39H79NO4/c1-3-5-7-9-11-13-15-17-19-21-23-25-27-29-31-37(41)35-40(34-33-39(43)44)36-38(42)32-30-28-26-24-22-20-18-16-14-12-10-8-6-4-2/h37-38,41-42H,3-36H2,1-2H3,(H,43,44). The summed E-state index contributed by atoms with van der Waals surface area (Å²) < 4.78 is 0. The van der Waals surface area contributed by atoms with Gasteiger partial charge in [-0.25, -0.2) is 0 Å². The highest BCUT2D eigenvalue weighted by Gasteiger charge is 2.17. The van der Waals surface area contributed by atoms with Crippen LogP contribution in [0.15, 0.2) is 0 Å². The van der Waals surface area contributed by atoms with Crippen molar-refractivity contribution in [1.29, 1.82) is 0 Å². The molecule has 0 fully saturated rings. The van der Waals surface area contributed by atoms with Gasteiger partial charge in [0.25, 0.3) is 0 Å². The first-order valence-corrected chi connectivity index (χ1v) is 19.8. The largest absolute Gasteiger partial charge is 0.481 e. The lowest BCUT2D eigenvalue weighted by Gasteiger charge is -2.27. The molecule has 0 saturated heterocycles. The molecule has 0 aromatic rings. The van der Waals surface area contributed by atoms with Gasteiger partial charge in [0.1, 0.15) is 0 Å². The van der Waals surface area contributed by atoms with E-state index in [1.807, 2.05) is 4.90 Å². The van der Waals surface area contributed by atoms with E-state index >= 15 is 0 Å². The molecule has 5 heteroatoms. The third-order valence-electron chi connectivity index (χ3n) is 9.36. The molecule has 0 radical (unpaired) electrons. The molecule has 0 amide bonds. The number of carboxylic acids is 1. The van der Waals surface area contributed by atoms with Gasteiger partial charge in [0.15, 0.2) is 0 Å². The highest BCUT2D eigenvalue weighted by molar-refractivity contribution is 5.66. The summed E-state index contributed by atoms with van der Waals surface area (Å²) in [4.78, 5) is 13.1. The summed E-state index contributed by atoms with van der Waals surface area (Å²) in [7, 11) is 0. The van der Waals surface area contributed by atoms with E-state index in [2.05, 4.69) is 13.8 Å². The fourth-order valence-electron chi connectivity index (χ4n) is 6.44. The van der Waals surface area contributed by atoms with Gasteiger partial charge < -0.3 is 15.3 Å². The van der Waals surface area contributed by atoms with Gasteiger partial charge in [-0.05, 0) is 12.8 Å². The molecule has 5 nitrogen and oxygen atoms in total. The van der Waals surface area contributed by atoms with Gasteiger partial charge in [0, 0.05) is 19.6 Å². The van der Waals surface area contributed by atoms with Crippen LogP contribution in [0.5, 0.6) is 0 Å². The molecule has 2 atom stereocenters.